The fourth-order valence-corrected chi connectivity index (χ4v) is 3.87. The van der Waals surface area contributed by atoms with Gasteiger partial charge in [-0.15, -0.1) is 0 Å². The molecule has 138 valence electrons. The maximum Gasteiger partial charge on any atom is 0.339 e. The van der Waals surface area contributed by atoms with E-state index in [1.165, 1.54) is 12.7 Å². The number of hydrogen-bond acceptors (Lipinski definition) is 5. The number of carbonyl (C=O) groups excluding carboxylic acids is 1. The second-order valence-corrected chi connectivity index (χ2v) is 6.75. The molecular formula is C20H24N2O4. The lowest BCUT2D eigenvalue weighted by Crippen LogP contribution is -2.24. The van der Waals surface area contributed by atoms with Gasteiger partial charge in [0.2, 0.25) is 0 Å². The normalized spacial score (nSPS) is 18.9. The average molecular weight is 356 g/mol. The summed E-state index contributed by atoms with van der Waals surface area (Å²) in [5.74, 6) is -0.283. The van der Waals surface area contributed by atoms with Gasteiger partial charge in [-0.3, -0.25) is 4.98 Å². The summed E-state index contributed by atoms with van der Waals surface area (Å²) < 4.78 is 18.6. The molecule has 0 saturated carbocycles. The minimum absolute atomic E-state index is 0.105. The molecule has 2 aromatic rings. The number of hydrogen-bond donors (Lipinski definition) is 0. The number of esters is 1. The van der Waals surface area contributed by atoms with Crippen LogP contribution in [0.4, 0.5) is 0 Å². The molecule has 0 amide bonds. The Kier molecular flexibility index (Phi) is 5.04. The van der Waals surface area contributed by atoms with Crippen molar-refractivity contribution in [2.24, 2.45) is 0 Å². The van der Waals surface area contributed by atoms with Gasteiger partial charge < -0.3 is 18.8 Å². The van der Waals surface area contributed by atoms with Gasteiger partial charge in [0.15, 0.2) is 6.29 Å². The van der Waals surface area contributed by atoms with Crippen LogP contribution in [-0.2, 0) is 33.6 Å². The molecule has 0 radical (unpaired) electrons. The fourth-order valence-electron chi connectivity index (χ4n) is 3.87. The highest BCUT2D eigenvalue weighted by Crippen LogP contribution is 2.36. The quantitative estimate of drug-likeness (QED) is 0.771. The first-order valence-electron chi connectivity index (χ1n) is 9.24. The highest BCUT2D eigenvalue weighted by Gasteiger charge is 2.27. The van der Waals surface area contributed by atoms with Crippen LogP contribution in [0.2, 0.25) is 0 Å². The lowest BCUT2D eigenvalue weighted by molar-refractivity contribution is -0.163. The van der Waals surface area contributed by atoms with Crippen molar-refractivity contribution in [3.8, 4) is 11.3 Å². The van der Waals surface area contributed by atoms with E-state index in [0.29, 0.717) is 18.7 Å². The SMILES string of the molecule is COC(=O)c1cn(CCOC2CCCCO2)c2c1CCc1cnccc1-2. The summed E-state index contributed by atoms with van der Waals surface area (Å²) in [6.07, 6.45) is 10.4. The third kappa shape index (κ3) is 3.27. The van der Waals surface area contributed by atoms with Gasteiger partial charge in [0.25, 0.3) is 0 Å². The number of nitrogens with zero attached hydrogens (tertiary/aromatic N) is 2. The van der Waals surface area contributed by atoms with Crippen molar-refractivity contribution in [2.45, 2.75) is 44.9 Å². The van der Waals surface area contributed by atoms with E-state index in [-0.39, 0.29) is 12.3 Å². The Morgan fingerprint density at radius 1 is 1.38 bits per heavy atom. The number of ether oxygens (including phenoxy) is 3. The molecule has 0 N–H and O–H groups in total. The summed E-state index contributed by atoms with van der Waals surface area (Å²) in [4.78, 5) is 16.5. The molecule has 3 heterocycles. The molecule has 26 heavy (non-hydrogen) atoms. The smallest absolute Gasteiger partial charge is 0.339 e. The van der Waals surface area contributed by atoms with E-state index in [1.54, 1.807) is 6.20 Å². The van der Waals surface area contributed by atoms with Crippen LogP contribution in [0.25, 0.3) is 11.3 Å². The van der Waals surface area contributed by atoms with Crippen LogP contribution in [0, 0.1) is 0 Å². The number of rotatable bonds is 5. The van der Waals surface area contributed by atoms with E-state index in [1.807, 2.05) is 18.5 Å². The molecule has 1 unspecified atom stereocenters. The first-order valence-corrected chi connectivity index (χ1v) is 9.24. The molecule has 0 aromatic carbocycles. The number of pyridine rings is 1. The number of aryl methyl sites for hydroxylation is 1. The first kappa shape index (κ1) is 17.2. The van der Waals surface area contributed by atoms with Gasteiger partial charge in [-0.05, 0) is 49.3 Å². The lowest BCUT2D eigenvalue weighted by Gasteiger charge is -2.23. The summed E-state index contributed by atoms with van der Waals surface area (Å²) in [5, 5.41) is 0. The Labute approximate surface area is 153 Å². The number of methoxy groups -OCH3 is 1. The standard InChI is InChI=1S/C20H24N2O4/c1-24-20(23)17-13-22(9-11-26-18-4-2-3-10-25-18)19-15-7-8-21-12-14(15)5-6-16(17)19/h7-8,12-13,18H,2-6,9-11H2,1H3. The monoisotopic (exact) mass is 356 g/mol. The molecule has 1 aliphatic heterocycles. The first-order chi connectivity index (χ1) is 12.8. The predicted octanol–water partition coefficient (Wildman–Crippen LogP) is 2.98. The van der Waals surface area contributed by atoms with Crippen LogP contribution in [0.5, 0.6) is 0 Å². The highest BCUT2D eigenvalue weighted by atomic mass is 16.7. The topological polar surface area (TPSA) is 62.6 Å². The molecule has 6 nitrogen and oxygen atoms in total. The molecule has 1 atom stereocenters. The van der Waals surface area contributed by atoms with E-state index >= 15 is 0 Å². The minimum atomic E-state index is -0.283. The molecular weight excluding hydrogens is 332 g/mol. The van der Waals surface area contributed by atoms with Crippen molar-refractivity contribution in [2.75, 3.05) is 20.3 Å². The zero-order valence-electron chi connectivity index (χ0n) is 15.1. The Balaban J connectivity index is 1.60. The zero-order valence-corrected chi connectivity index (χ0v) is 15.1. The summed E-state index contributed by atoms with van der Waals surface area (Å²) in [6, 6.07) is 2.02. The van der Waals surface area contributed by atoms with Crippen molar-refractivity contribution >= 4 is 5.97 Å². The van der Waals surface area contributed by atoms with Gasteiger partial charge >= 0.3 is 5.97 Å². The van der Waals surface area contributed by atoms with Gasteiger partial charge in [-0.2, -0.15) is 0 Å². The highest BCUT2D eigenvalue weighted by molar-refractivity contribution is 5.94. The number of fused-ring (bicyclic) bond motifs is 3. The van der Waals surface area contributed by atoms with Gasteiger partial charge in [0.05, 0.1) is 25.0 Å². The van der Waals surface area contributed by atoms with Crippen LogP contribution in [0.15, 0.2) is 24.7 Å². The molecule has 1 fully saturated rings. The fraction of sp³-hybridized carbons (Fsp3) is 0.500. The largest absolute Gasteiger partial charge is 0.465 e. The molecule has 2 aliphatic rings. The maximum absolute atomic E-state index is 12.2. The maximum atomic E-state index is 12.2. The Morgan fingerprint density at radius 3 is 3.12 bits per heavy atom. The van der Waals surface area contributed by atoms with E-state index in [9.17, 15) is 4.79 Å². The molecule has 6 heteroatoms. The Morgan fingerprint density at radius 2 is 2.31 bits per heavy atom. The Bertz CT molecular complexity index is 793. The zero-order chi connectivity index (χ0) is 17.9. The van der Waals surface area contributed by atoms with Crippen molar-refractivity contribution in [1.29, 1.82) is 0 Å². The van der Waals surface area contributed by atoms with Gasteiger partial charge in [0, 0.05) is 37.3 Å². The van der Waals surface area contributed by atoms with Crippen LogP contribution in [0.1, 0.15) is 40.7 Å². The molecule has 4 rings (SSSR count). The van der Waals surface area contributed by atoms with E-state index < -0.39 is 0 Å². The minimum Gasteiger partial charge on any atom is -0.465 e. The molecule has 1 aliphatic carbocycles. The van der Waals surface area contributed by atoms with Crippen LogP contribution >= 0.6 is 0 Å². The van der Waals surface area contributed by atoms with Crippen molar-refractivity contribution in [1.82, 2.24) is 9.55 Å². The molecule has 2 aromatic heterocycles. The van der Waals surface area contributed by atoms with Crippen LogP contribution in [0.3, 0.4) is 0 Å². The third-order valence-electron chi connectivity index (χ3n) is 5.17. The van der Waals surface area contributed by atoms with Crippen molar-refractivity contribution in [3.63, 3.8) is 0 Å². The summed E-state index contributed by atoms with van der Waals surface area (Å²) >= 11 is 0. The molecule has 0 bridgehead atoms. The van der Waals surface area contributed by atoms with Gasteiger partial charge in [-0.25, -0.2) is 4.79 Å². The predicted molar refractivity (Wildman–Crippen MR) is 96.0 cm³/mol. The Hall–Kier alpha value is -2.18. The second kappa shape index (κ2) is 7.60. The summed E-state index contributed by atoms with van der Waals surface area (Å²) in [7, 11) is 1.43. The van der Waals surface area contributed by atoms with Crippen molar-refractivity contribution in [3.05, 3.63) is 41.3 Å². The summed E-state index contributed by atoms with van der Waals surface area (Å²) in [6.45, 7) is 1.99. The number of aromatic nitrogens is 2. The molecule has 0 spiro atoms. The molecule has 1 saturated heterocycles. The average Bonchev–Trinajstić information content (AvgIpc) is 3.07. The van der Waals surface area contributed by atoms with Gasteiger partial charge in [0.1, 0.15) is 0 Å². The third-order valence-corrected chi connectivity index (χ3v) is 5.17. The van der Waals surface area contributed by atoms with E-state index in [2.05, 4.69) is 9.55 Å². The van der Waals surface area contributed by atoms with Gasteiger partial charge in [-0.1, -0.05) is 0 Å². The van der Waals surface area contributed by atoms with Crippen LogP contribution < -0.4 is 0 Å². The summed E-state index contributed by atoms with van der Waals surface area (Å²) in [5.41, 5.74) is 5.16. The van der Waals surface area contributed by atoms with Crippen LogP contribution in [-0.4, -0.2) is 42.1 Å². The lowest BCUT2D eigenvalue weighted by atomic mass is 9.90. The van der Waals surface area contributed by atoms with E-state index in [4.69, 9.17) is 14.2 Å². The number of carbonyl (C=O) groups is 1. The second-order valence-electron chi connectivity index (χ2n) is 6.75. The van der Waals surface area contributed by atoms with E-state index in [0.717, 1.165) is 55.5 Å². The van der Waals surface area contributed by atoms with Crippen molar-refractivity contribution < 1.29 is 19.0 Å².